The third kappa shape index (κ3) is 3.06. The van der Waals surface area contributed by atoms with Crippen molar-refractivity contribution in [3.63, 3.8) is 0 Å². The number of alkyl halides is 3. The molecule has 2 heterocycles. The summed E-state index contributed by atoms with van der Waals surface area (Å²) in [6.45, 7) is 0.395. The summed E-state index contributed by atoms with van der Waals surface area (Å²) >= 11 is 0. The van der Waals surface area contributed by atoms with Gasteiger partial charge in [-0.25, -0.2) is 4.98 Å². The Labute approximate surface area is 117 Å². The van der Waals surface area contributed by atoms with Crippen LogP contribution in [0.25, 0.3) is 0 Å². The van der Waals surface area contributed by atoms with E-state index in [-0.39, 0.29) is 24.5 Å². The number of anilines is 1. The lowest BCUT2D eigenvalue weighted by molar-refractivity contribution is -0.141. The van der Waals surface area contributed by atoms with Gasteiger partial charge in [-0.2, -0.15) is 13.2 Å². The Hall–Kier alpha value is -2.32. The molecule has 1 fully saturated rings. The van der Waals surface area contributed by atoms with Crippen LogP contribution < -0.4 is 16.4 Å². The van der Waals surface area contributed by atoms with E-state index < -0.39 is 29.6 Å². The smallest absolute Gasteiger partial charge is 0.369 e. The first-order valence-corrected chi connectivity index (χ1v) is 6.12. The minimum Gasteiger partial charge on any atom is -0.369 e. The summed E-state index contributed by atoms with van der Waals surface area (Å²) in [7, 11) is 0. The Morgan fingerprint density at radius 3 is 2.43 bits per heavy atom. The molecule has 0 spiro atoms. The van der Waals surface area contributed by atoms with Gasteiger partial charge in [0.05, 0.1) is 11.5 Å². The number of carbonyl (C=O) groups is 2. The maximum atomic E-state index is 12.7. The van der Waals surface area contributed by atoms with Crippen LogP contribution in [0.4, 0.5) is 19.0 Å². The Kier molecular flexibility index (Phi) is 3.75. The summed E-state index contributed by atoms with van der Waals surface area (Å²) in [5, 5.41) is 0. The number of amides is 2. The van der Waals surface area contributed by atoms with Crippen molar-refractivity contribution < 1.29 is 22.8 Å². The van der Waals surface area contributed by atoms with Gasteiger partial charge in [0.2, 0.25) is 5.91 Å². The molecule has 0 aliphatic carbocycles. The van der Waals surface area contributed by atoms with Gasteiger partial charge in [-0.15, -0.1) is 0 Å². The molecule has 6 nitrogen and oxygen atoms in total. The zero-order valence-electron chi connectivity index (χ0n) is 10.9. The number of primary amides is 2. The van der Waals surface area contributed by atoms with E-state index in [1.54, 1.807) is 0 Å². The van der Waals surface area contributed by atoms with E-state index in [2.05, 4.69) is 4.98 Å². The maximum absolute atomic E-state index is 12.7. The van der Waals surface area contributed by atoms with E-state index in [1.165, 1.54) is 4.90 Å². The van der Waals surface area contributed by atoms with Gasteiger partial charge in [-0.3, -0.25) is 9.59 Å². The normalized spacial score (nSPS) is 18.8. The number of nitrogens with two attached hydrogens (primary N) is 2. The number of rotatable bonds is 3. The van der Waals surface area contributed by atoms with Crippen molar-refractivity contribution in [2.75, 3.05) is 18.0 Å². The van der Waals surface area contributed by atoms with Crippen LogP contribution in [0.1, 0.15) is 22.5 Å². The fraction of sp³-hybridized carbons (Fsp3) is 0.417. The monoisotopic (exact) mass is 302 g/mol. The van der Waals surface area contributed by atoms with Crippen molar-refractivity contribution >= 4 is 17.6 Å². The van der Waals surface area contributed by atoms with E-state index in [4.69, 9.17) is 11.5 Å². The number of hydrogen-bond donors (Lipinski definition) is 2. The molecular formula is C12H13F3N4O2. The lowest BCUT2D eigenvalue weighted by Crippen LogP contribution is -2.30. The highest BCUT2D eigenvalue weighted by Gasteiger charge is 2.35. The highest BCUT2D eigenvalue weighted by Crippen LogP contribution is 2.32. The van der Waals surface area contributed by atoms with Gasteiger partial charge in [-0.1, -0.05) is 0 Å². The second kappa shape index (κ2) is 5.23. The molecular weight excluding hydrogens is 289 g/mol. The molecule has 9 heteroatoms. The first-order chi connectivity index (χ1) is 9.70. The molecule has 21 heavy (non-hydrogen) atoms. The molecule has 0 aromatic carbocycles. The van der Waals surface area contributed by atoms with Crippen LogP contribution >= 0.6 is 0 Å². The van der Waals surface area contributed by atoms with Crippen molar-refractivity contribution in [3.05, 3.63) is 23.4 Å². The molecule has 1 aromatic heterocycles. The van der Waals surface area contributed by atoms with E-state index >= 15 is 0 Å². The second-order valence-electron chi connectivity index (χ2n) is 4.76. The zero-order valence-corrected chi connectivity index (χ0v) is 10.9. The summed E-state index contributed by atoms with van der Waals surface area (Å²) < 4.78 is 38.2. The van der Waals surface area contributed by atoms with Crippen LogP contribution in [-0.4, -0.2) is 29.9 Å². The van der Waals surface area contributed by atoms with Gasteiger partial charge in [-0.05, 0) is 18.6 Å². The highest BCUT2D eigenvalue weighted by atomic mass is 19.4. The number of carbonyl (C=O) groups excluding carboxylic acids is 2. The van der Waals surface area contributed by atoms with Gasteiger partial charge in [0, 0.05) is 13.1 Å². The Bertz CT molecular complexity index is 588. The fourth-order valence-corrected chi connectivity index (χ4v) is 2.22. The first-order valence-electron chi connectivity index (χ1n) is 6.12. The summed E-state index contributed by atoms with van der Waals surface area (Å²) in [6, 6.07) is 1.69. The Morgan fingerprint density at radius 1 is 1.29 bits per heavy atom. The molecule has 1 saturated heterocycles. The largest absolute Gasteiger partial charge is 0.433 e. The third-order valence-corrected chi connectivity index (χ3v) is 3.32. The van der Waals surface area contributed by atoms with Gasteiger partial charge in [0.25, 0.3) is 5.91 Å². The molecule has 1 aliphatic rings. The SMILES string of the molecule is NC(=O)c1ccc(C(F)(F)F)nc1N1CCC(C(N)=O)C1. The molecule has 0 saturated carbocycles. The van der Waals surface area contributed by atoms with Crippen LogP contribution in [0.2, 0.25) is 0 Å². The van der Waals surface area contributed by atoms with Crippen molar-refractivity contribution in [1.29, 1.82) is 0 Å². The van der Waals surface area contributed by atoms with Gasteiger partial charge in [0.1, 0.15) is 11.5 Å². The lowest BCUT2D eigenvalue weighted by atomic mass is 10.1. The predicted octanol–water partition coefficient (Wildman–Crippen LogP) is 0.511. The van der Waals surface area contributed by atoms with Crippen LogP contribution in [0.3, 0.4) is 0 Å². The maximum Gasteiger partial charge on any atom is 0.433 e. The number of nitrogens with zero attached hydrogens (tertiary/aromatic N) is 2. The second-order valence-corrected chi connectivity index (χ2v) is 4.76. The molecule has 114 valence electrons. The molecule has 4 N–H and O–H groups in total. The van der Waals surface area contributed by atoms with Crippen LogP contribution in [0, 0.1) is 5.92 Å². The molecule has 1 unspecified atom stereocenters. The van der Waals surface area contributed by atoms with Crippen molar-refractivity contribution in [1.82, 2.24) is 4.98 Å². The topological polar surface area (TPSA) is 102 Å². The zero-order chi connectivity index (χ0) is 15.8. The Morgan fingerprint density at radius 2 is 1.95 bits per heavy atom. The number of pyridine rings is 1. The first kappa shape index (κ1) is 15.1. The third-order valence-electron chi connectivity index (χ3n) is 3.32. The van der Waals surface area contributed by atoms with Gasteiger partial charge >= 0.3 is 6.18 Å². The van der Waals surface area contributed by atoms with Gasteiger partial charge in [0.15, 0.2) is 0 Å². The number of hydrogen-bond acceptors (Lipinski definition) is 4. The number of aromatic nitrogens is 1. The van der Waals surface area contributed by atoms with Crippen LogP contribution in [0.5, 0.6) is 0 Å². The summed E-state index contributed by atoms with van der Waals surface area (Å²) in [4.78, 5) is 27.4. The van der Waals surface area contributed by atoms with Crippen molar-refractivity contribution in [3.8, 4) is 0 Å². The summed E-state index contributed by atoms with van der Waals surface area (Å²) in [5.41, 5.74) is 9.10. The molecule has 0 radical (unpaired) electrons. The van der Waals surface area contributed by atoms with Crippen LogP contribution in [-0.2, 0) is 11.0 Å². The highest BCUT2D eigenvalue weighted by molar-refractivity contribution is 5.98. The molecule has 2 rings (SSSR count). The summed E-state index contributed by atoms with van der Waals surface area (Å²) in [6.07, 6.45) is -4.24. The van der Waals surface area contributed by atoms with E-state index in [9.17, 15) is 22.8 Å². The predicted molar refractivity (Wildman–Crippen MR) is 67.3 cm³/mol. The number of halogens is 3. The summed E-state index contributed by atoms with van der Waals surface area (Å²) in [5.74, 6) is -2.07. The minimum absolute atomic E-state index is 0.115. The molecule has 1 atom stereocenters. The molecule has 1 aromatic rings. The average Bonchev–Trinajstić information content (AvgIpc) is 2.86. The fourth-order valence-electron chi connectivity index (χ4n) is 2.22. The van der Waals surface area contributed by atoms with Gasteiger partial charge < -0.3 is 16.4 Å². The van der Waals surface area contributed by atoms with Crippen molar-refractivity contribution in [2.24, 2.45) is 17.4 Å². The molecule has 0 bridgehead atoms. The molecule has 1 aliphatic heterocycles. The van der Waals surface area contributed by atoms with E-state index in [0.717, 1.165) is 6.07 Å². The van der Waals surface area contributed by atoms with Crippen molar-refractivity contribution in [2.45, 2.75) is 12.6 Å². The van der Waals surface area contributed by atoms with E-state index in [0.29, 0.717) is 12.5 Å². The molecule has 2 amide bonds. The standard InChI is InChI=1S/C12H13F3N4O2/c13-12(14,15)8-2-1-7(10(17)21)11(18-8)19-4-3-6(5-19)9(16)20/h1-2,6H,3-5H2,(H2,16,20)(H2,17,21). The minimum atomic E-state index is -4.63. The Balaban J connectivity index is 2.40. The van der Waals surface area contributed by atoms with E-state index in [1.807, 2.05) is 0 Å². The quantitative estimate of drug-likeness (QED) is 0.849. The van der Waals surface area contributed by atoms with Crippen LogP contribution in [0.15, 0.2) is 12.1 Å². The average molecular weight is 302 g/mol. The lowest BCUT2D eigenvalue weighted by Gasteiger charge is -2.20.